The highest BCUT2D eigenvalue weighted by Crippen LogP contribution is 2.66. The molecule has 142 valence electrons. The first-order valence-electron chi connectivity index (χ1n) is 11.2. The van der Waals surface area contributed by atoms with E-state index in [1.54, 1.807) is 0 Å². The van der Waals surface area contributed by atoms with Crippen LogP contribution in [0.1, 0.15) is 106 Å². The van der Waals surface area contributed by atoms with Crippen molar-refractivity contribution in [2.45, 2.75) is 112 Å². The van der Waals surface area contributed by atoms with Crippen molar-refractivity contribution >= 4 is 0 Å². The molecule has 1 nitrogen and oxygen atoms in total. The Bertz CT molecular complexity index is 391. The van der Waals surface area contributed by atoms with Gasteiger partial charge in [0.2, 0.25) is 0 Å². The lowest BCUT2D eigenvalue weighted by Crippen LogP contribution is -2.53. The van der Waals surface area contributed by atoms with Gasteiger partial charge in [-0.05, 0) is 92.3 Å². The van der Waals surface area contributed by atoms with Crippen molar-refractivity contribution in [2.24, 2.45) is 34.5 Å². The second kappa shape index (κ2) is 8.11. The predicted octanol–water partition coefficient (Wildman–Crippen LogP) is 6.83. The summed E-state index contributed by atoms with van der Waals surface area (Å²) >= 11 is 0. The lowest BCUT2D eigenvalue weighted by Gasteiger charge is -2.60. The second-order valence-electron chi connectivity index (χ2n) is 9.18. The summed E-state index contributed by atoms with van der Waals surface area (Å²) < 4.78 is 0. The third kappa shape index (κ3) is 3.31. The van der Waals surface area contributed by atoms with Crippen molar-refractivity contribution in [3.8, 4) is 0 Å². The number of aliphatic hydroxyl groups is 1. The Labute approximate surface area is 152 Å². The van der Waals surface area contributed by atoms with Crippen LogP contribution in [-0.4, -0.2) is 11.2 Å². The van der Waals surface area contributed by atoms with Crippen LogP contribution in [0.15, 0.2) is 0 Å². The largest absolute Gasteiger partial charge is 0.393 e. The molecule has 1 N–H and O–H groups in total. The van der Waals surface area contributed by atoms with Crippen molar-refractivity contribution in [3.05, 3.63) is 0 Å². The lowest BCUT2D eigenvalue weighted by atomic mass is 9.45. The number of hydrogen-bond acceptors (Lipinski definition) is 1. The van der Waals surface area contributed by atoms with Crippen molar-refractivity contribution in [2.75, 3.05) is 0 Å². The van der Waals surface area contributed by atoms with E-state index in [0.29, 0.717) is 10.8 Å². The van der Waals surface area contributed by atoms with Crippen LogP contribution in [0.3, 0.4) is 0 Å². The fourth-order valence-electron chi connectivity index (χ4n) is 7.32. The Morgan fingerprint density at radius 2 is 1.42 bits per heavy atom. The van der Waals surface area contributed by atoms with Gasteiger partial charge in [0, 0.05) is 0 Å². The van der Waals surface area contributed by atoms with Crippen LogP contribution in [0.4, 0.5) is 0 Å². The van der Waals surface area contributed by atoms with E-state index in [4.69, 9.17) is 0 Å². The van der Waals surface area contributed by atoms with E-state index in [1.165, 1.54) is 51.4 Å². The topological polar surface area (TPSA) is 20.2 Å². The summed E-state index contributed by atoms with van der Waals surface area (Å²) in [6.07, 6.45) is 13.8. The monoisotopic (exact) mass is 336 g/mol. The Morgan fingerprint density at radius 1 is 0.750 bits per heavy atom. The molecule has 0 bridgehead atoms. The number of fused-ring (bicyclic) bond motifs is 5. The van der Waals surface area contributed by atoms with E-state index in [0.717, 1.165) is 36.5 Å². The molecule has 4 aliphatic rings. The molecule has 0 aromatic carbocycles. The summed E-state index contributed by atoms with van der Waals surface area (Å²) in [5.74, 6) is 3.84. The van der Waals surface area contributed by atoms with Gasteiger partial charge in [-0.1, -0.05) is 48.0 Å². The lowest BCUT2D eigenvalue weighted by molar-refractivity contribution is -0.124. The molecule has 0 spiro atoms. The highest BCUT2D eigenvalue weighted by Gasteiger charge is 2.57. The van der Waals surface area contributed by atoms with Gasteiger partial charge in [0.25, 0.3) is 0 Å². The third-order valence-corrected chi connectivity index (χ3v) is 8.37. The van der Waals surface area contributed by atoms with Crippen LogP contribution in [0.5, 0.6) is 0 Å². The first-order chi connectivity index (χ1) is 11.5. The smallest absolute Gasteiger partial charge is 0.0545 e. The van der Waals surface area contributed by atoms with Gasteiger partial charge in [-0.2, -0.15) is 0 Å². The minimum atomic E-state index is -0.00751. The third-order valence-electron chi connectivity index (χ3n) is 8.37. The quantitative estimate of drug-likeness (QED) is 0.514. The van der Waals surface area contributed by atoms with E-state index in [1.807, 2.05) is 27.7 Å². The minimum Gasteiger partial charge on any atom is -0.393 e. The van der Waals surface area contributed by atoms with Gasteiger partial charge in [0.15, 0.2) is 0 Å². The Kier molecular flexibility index (Phi) is 6.85. The van der Waals surface area contributed by atoms with Gasteiger partial charge in [-0.3, -0.25) is 0 Å². The molecule has 0 radical (unpaired) electrons. The van der Waals surface area contributed by atoms with E-state index in [2.05, 4.69) is 13.8 Å². The molecule has 4 saturated carbocycles. The highest BCUT2D eigenvalue weighted by molar-refractivity contribution is 5.07. The zero-order valence-electron chi connectivity index (χ0n) is 17.4. The standard InChI is InChI=1S/C19H32O.2C2H6/c1-18-10-3-4-16(18)15-8-6-13-5-7-14(20)12-19(13,2)17(15)9-11-18;2*1-2/h13-17,20H,3-12H2,1-2H3;2*1-2H3. The zero-order valence-corrected chi connectivity index (χ0v) is 17.4. The van der Waals surface area contributed by atoms with Crippen LogP contribution in [-0.2, 0) is 0 Å². The van der Waals surface area contributed by atoms with Crippen molar-refractivity contribution < 1.29 is 5.11 Å². The summed E-state index contributed by atoms with van der Waals surface area (Å²) in [6.45, 7) is 13.1. The zero-order chi connectivity index (χ0) is 18.0. The van der Waals surface area contributed by atoms with Crippen LogP contribution < -0.4 is 0 Å². The first-order valence-corrected chi connectivity index (χ1v) is 11.2. The molecule has 4 aliphatic carbocycles. The fourth-order valence-corrected chi connectivity index (χ4v) is 7.32. The molecular formula is C23H44O. The molecule has 0 aromatic rings. The van der Waals surface area contributed by atoms with Gasteiger partial charge in [-0.25, -0.2) is 0 Å². The minimum absolute atomic E-state index is 0.00751. The van der Waals surface area contributed by atoms with Gasteiger partial charge in [0.1, 0.15) is 0 Å². The molecular weight excluding hydrogens is 292 g/mol. The average Bonchev–Trinajstić information content (AvgIpc) is 2.99. The summed E-state index contributed by atoms with van der Waals surface area (Å²) in [7, 11) is 0. The van der Waals surface area contributed by atoms with Crippen LogP contribution >= 0.6 is 0 Å². The van der Waals surface area contributed by atoms with Crippen molar-refractivity contribution in [1.82, 2.24) is 0 Å². The Balaban J connectivity index is 0.000000487. The SMILES string of the molecule is CC.CC.CC12CCCC1C1CCC3CCC(O)CC3(C)C1CC2. The van der Waals surface area contributed by atoms with E-state index >= 15 is 0 Å². The molecule has 0 heterocycles. The molecule has 7 atom stereocenters. The van der Waals surface area contributed by atoms with Gasteiger partial charge in [-0.15, -0.1) is 0 Å². The Morgan fingerprint density at radius 3 is 2.12 bits per heavy atom. The predicted molar refractivity (Wildman–Crippen MR) is 105 cm³/mol. The van der Waals surface area contributed by atoms with Crippen LogP contribution in [0, 0.1) is 34.5 Å². The van der Waals surface area contributed by atoms with Gasteiger partial charge >= 0.3 is 0 Å². The highest BCUT2D eigenvalue weighted by atomic mass is 16.3. The Hall–Kier alpha value is -0.0400. The molecule has 4 rings (SSSR count). The fraction of sp³-hybridized carbons (Fsp3) is 1.00. The molecule has 0 saturated heterocycles. The summed E-state index contributed by atoms with van der Waals surface area (Å²) in [6, 6.07) is 0. The average molecular weight is 337 g/mol. The van der Waals surface area contributed by atoms with E-state index in [9.17, 15) is 5.11 Å². The van der Waals surface area contributed by atoms with E-state index in [-0.39, 0.29) is 6.10 Å². The summed E-state index contributed by atoms with van der Waals surface area (Å²) in [5, 5.41) is 10.2. The van der Waals surface area contributed by atoms with Crippen LogP contribution in [0.25, 0.3) is 0 Å². The van der Waals surface area contributed by atoms with Crippen molar-refractivity contribution in [3.63, 3.8) is 0 Å². The van der Waals surface area contributed by atoms with E-state index < -0.39 is 0 Å². The molecule has 0 aromatic heterocycles. The van der Waals surface area contributed by atoms with Crippen LogP contribution in [0.2, 0.25) is 0 Å². The molecule has 7 unspecified atom stereocenters. The first kappa shape index (κ1) is 20.3. The number of hydrogen-bond donors (Lipinski definition) is 1. The number of aliphatic hydroxyl groups excluding tert-OH is 1. The molecule has 0 amide bonds. The molecule has 24 heavy (non-hydrogen) atoms. The van der Waals surface area contributed by atoms with Gasteiger partial charge in [0.05, 0.1) is 6.10 Å². The maximum atomic E-state index is 10.2. The van der Waals surface area contributed by atoms with Crippen molar-refractivity contribution in [1.29, 1.82) is 0 Å². The maximum absolute atomic E-state index is 10.2. The molecule has 1 heteroatoms. The number of rotatable bonds is 0. The molecule has 4 fully saturated rings. The maximum Gasteiger partial charge on any atom is 0.0545 e. The second-order valence-corrected chi connectivity index (χ2v) is 9.18. The van der Waals surface area contributed by atoms with Gasteiger partial charge < -0.3 is 5.11 Å². The normalized spacial score (nSPS) is 49.4. The summed E-state index contributed by atoms with van der Waals surface area (Å²) in [4.78, 5) is 0. The molecule has 0 aliphatic heterocycles. The summed E-state index contributed by atoms with van der Waals surface area (Å²) in [5.41, 5.74) is 1.14.